The van der Waals surface area contributed by atoms with Crippen molar-refractivity contribution in [2.75, 3.05) is 21.3 Å². The molecule has 2 saturated heterocycles. The van der Waals surface area contributed by atoms with E-state index in [1.54, 1.807) is 15.9 Å². The normalized spacial score (nSPS) is 24.2. The number of urea groups is 1. The molecular formula is C19H19ClN2O3S. The Bertz CT molecular complexity index is 988. The topological polar surface area (TPSA) is 57.7 Å². The molecule has 4 rings (SSSR count). The predicted octanol–water partition coefficient (Wildman–Crippen LogP) is 3.57. The van der Waals surface area contributed by atoms with Gasteiger partial charge >= 0.3 is 6.03 Å². The number of carbonyl (C=O) groups excluding carboxylic acids is 1. The van der Waals surface area contributed by atoms with Gasteiger partial charge in [0.15, 0.2) is 9.84 Å². The Balaban J connectivity index is 1.81. The van der Waals surface area contributed by atoms with Gasteiger partial charge in [0.1, 0.15) is 0 Å². The van der Waals surface area contributed by atoms with E-state index in [0.717, 1.165) is 11.1 Å². The lowest BCUT2D eigenvalue weighted by Gasteiger charge is -2.23. The Hall–Kier alpha value is -2.05. The predicted molar refractivity (Wildman–Crippen MR) is 104 cm³/mol. The number of fused-ring (bicyclic) bond motifs is 1. The van der Waals surface area contributed by atoms with Crippen LogP contribution in [0.3, 0.4) is 0 Å². The zero-order chi connectivity index (χ0) is 18.6. The van der Waals surface area contributed by atoms with E-state index in [2.05, 4.69) is 0 Å². The number of benzene rings is 2. The van der Waals surface area contributed by atoms with Crippen LogP contribution in [0.15, 0.2) is 42.5 Å². The molecule has 0 spiro atoms. The summed E-state index contributed by atoms with van der Waals surface area (Å²) < 4.78 is 24.6. The second-order valence-corrected chi connectivity index (χ2v) is 9.56. The third-order valence-electron chi connectivity index (χ3n) is 5.11. The molecule has 0 unspecified atom stereocenters. The van der Waals surface area contributed by atoms with Crippen molar-refractivity contribution in [2.45, 2.75) is 25.9 Å². The smallest absolute Gasteiger partial charge is 0.288 e. The van der Waals surface area contributed by atoms with Gasteiger partial charge in [0, 0.05) is 16.4 Å². The molecule has 2 aromatic carbocycles. The van der Waals surface area contributed by atoms with E-state index in [0.29, 0.717) is 16.4 Å². The number of hydrogen-bond acceptors (Lipinski definition) is 3. The summed E-state index contributed by atoms with van der Waals surface area (Å²) in [5.74, 6) is -0.0510. The minimum atomic E-state index is -3.21. The van der Waals surface area contributed by atoms with Gasteiger partial charge in [-0.25, -0.2) is 13.2 Å². The summed E-state index contributed by atoms with van der Waals surface area (Å²) >= 11 is 6.24. The summed E-state index contributed by atoms with van der Waals surface area (Å²) in [4.78, 5) is 16.4. The Morgan fingerprint density at radius 3 is 2.04 bits per heavy atom. The number of aryl methyl sites for hydroxylation is 2. The highest BCUT2D eigenvalue weighted by Gasteiger charge is 2.54. The number of anilines is 2. The highest BCUT2D eigenvalue weighted by atomic mass is 35.5. The minimum absolute atomic E-state index is 0.0205. The maximum atomic E-state index is 13.2. The van der Waals surface area contributed by atoms with Crippen molar-refractivity contribution in [3.8, 4) is 0 Å². The number of hydrogen-bond donors (Lipinski definition) is 0. The van der Waals surface area contributed by atoms with Crippen LogP contribution in [-0.4, -0.2) is 38.0 Å². The van der Waals surface area contributed by atoms with Crippen LogP contribution < -0.4 is 9.80 Å². The molecular weight excluding hydrogens is 372 g/mol. The number of nitrogens with zero attached hydrogens (tertiary/aromatic N) is 2. The van der Waals surface area contributed by atoms with E-state index in [4.69, 9.17) is 11.6 Å². The van der Waals surface area contributed by atoms with E-state index in [1.807, 2.05) is 50.2 Å². The molecule has 0 saturated carbocycles. The number of rotatable bonds is 2. The second kappa shape index (κ2) is 5.99. The zero-order valence-corrected chi connectivity index (χ0v) is 16.1. The van der Waals surface area contributed by atoms with Crippen molar-refractivity contribution in [2.24, 2.45) is 0 Å². The van der Waals surface area contributed by atoms with Gasteiger partial charge < -0.3 is 0 Å². The molecule has 2 heterocycles. The maximum absolute atomic E-state index is 13.2. The molecule has 2 aromatic rings. The molecule has 0 aromatic heterocycles. The standard InChI is InChI=1S/C19H19ClN2O3S/c1-12-3-6-14(7-4-12)21-17-10-26(24,25)11-18(17)22(19(21)23)15-8-5-13(2)16(20)9-15/h3-9,17-18H,10-11H2,1-2H3/t17-,18-/m1/s1. The van der Waals surface area contributed by atoms with Crippen molar-refractivity contribution >= 4 is 38.8 Å². The molecule has 2 fully saturated rings. The number of amides is 2. The Morgan fingerprint density at radius 2 is 1.46 bits per heavy atom. The first-order valence-electron chi connectivity index (χ1n) is 8.42. The Kier molecular flexibility index (Phi) is 4.00. The van der Waals surface area contributed by atoms with E-state index in [1.165, 1.54) is 0 Å². The van der Waals surface area contributed by atoms with E-state index in [9.17, 15) is 13.2 Å². The molecule has 2 aliphatic rings. The maximum Gasteiger partial charge on any atom is 0.329 e. The molecule has 26 heavy (non-hydrogen) atoms. The van der Waals surface area contributed by atoms with Crippen molar-refractivity contribution in [1.82, 2.24) is 0 Å². The lowest BCUT2D eigenvalue weighted by molar-refractivity contribution is 0.255. The van der Waals surface area contributed by atoms with Crippen molar-refractivity contribution in [3.63, 3.8) is 0 Å². The van der Waals surface area contributed by atoms with Crippen LogP contribution in [0, 0.1) is 13.8 Å². The fourth-order valence-corrected chi connectivity index (χ4v) is 5.84. The highest BCUT2D eigenvalue weighted by molar-refractivity contribution is 7.91. The number of sulfone groups is 1. The third-order valence-corrected chi connectivity index (χ3v) is 7.22. The van der Waals surface area contributed by atoms with Crippen LogP contribution >= 0.6 is 11.6 Å². The summed E-state index contributed by atoms with van der Waals surface area (Å²) in [5, 5.41) is 0.557. The minimum Gasteiger partial charge on any atom is -0.288 e. The van der Waals surface area contributed by atoms with Gasteiger partial charge in [0.25, 0.3) is 0 Å². The van der Waals surface area contributed by atoms with Gasteiger partial charge in [-0.3, -0.25) is 9.80 Å². The van der Waals surface area contributed by atoms with Gasteiger partial charge in [-0.2, -0.15) is 0 Å². The average molecular weight is 391 g/mol. The Morgan fingerprint density at radius 1 is 0.923 bits per heavy atom. The molecule has 2 amide bonds. The summed E-state index contributed by atoms with van der Waals surface area (Å²) in [6, 6.07) is 12.0. The first-order valence-corrected chi connectivity index (χ1v) is 10.6. The fraction of sp³-hybridized carbons (Fsp3) is 0.316. The molecule has 0 bridgehead atoms. The molecule has 0 radical (unpaired) electrons. The number of halogens is 1. The van der Waals surface area contributed by atoms with Gasteiger partial charge in [-0.05, 0) is 43.7 Å². The van der Waals surface area contributed by atoms with Crippen LogP contribution in [0.2, 0.25) is 5.02 Å². The molecule has 0 N–H and O–H groups in total. The van der Waals surface area contributed by atoms with Gasteiger partial charge in [-0.15, -0.1) is 0 Å². The fourth-order valence-electron chi connectivity index (χ4n) is 3.74. The van der Waals surface area contributed by atoms with Gasteiger partial charge in [0.05, 0.1) is 23.6 Å². The zero-order valence-electron chi connectivity index (χ0n) is 14.5. The molecule has 2 atom stereocenters. The largest absolute Gasteiger partial charge is 0.329 e. The third kappa shape index (κ3) is 2.77. The van der Waals surface area contributed by atoms with Crippen molar-refractivity contribution in [1.29, 1.82) is 0 Å². The molecule has 0 aliphatic carbocycles. The van der Waals surface area contributed by atoms with E-state index < -0.39 is 21.9 Å². The van der Waals surface area contributed by atoms with Crippen LogP contribution in [0.4, 0.5) is 16.2 Å². The highest BCUT2D eigenvalue weighted by Crippen LogP contribution is 2.38. The first-order chi connectivity index (χ1) is 12.3. The second-order valence-electron chi connectivity index (χ2n) is 7.00. The summed E-state index contributed by atoms with van der Waals surface area (Å²) in [6.45, 7) is 3.86. The molecule has 136 valence electrons. The summed E-state index contributed by atoms with van der Waals surface area (Å²) in [7, 11) is -3.21. The molecule has 2 aliphatic heterocycles. The van der Waals surface area contributed by atoms with Crippen LogP contribution in [-0.2, 0) is 9.84 Å². The van der Waals surface area contributed by atoms with Crippen molar-refractivity contribution in [3.05, 3.63) is 58.6 Å². The Labute approximate surface area is 158 Å². The van der Waals surface area contributed by atoms with Gasteiger partial charge in [-0.1, -0.05) is 35.4 Å². The summed E-state index contributed by atoms with van der Waals surface area (Å²) in [5.41, 5.74) is 3.34. The van der Waals surface area contributed by atoms with Crippen molar-refractivity contribution < 1.29 is 13.2 Å². The van der Waals surface area contributed by atoms with Gasteiger partial charge in [0.2, 0.25) is 0 Å². The summed E-state index contributed by atoms with van der Waals surface area (Å²) in [6.07, 6.45) is 0. The van der Waals surface area contributed by atoms with Crippen LogP contribution in [0.1, 0.15) is 11.1 Å². The van der Waals surface area contributed by atoms with E-state index >= 15 is 0 Å². The lowest BCUT2D eigenvalue weighted by Crippen LogP contribution is -2.37. The van der Waals surface area contributed by atoms with E-state index in [-0.39, 0.29) is 17.5 Å². The molecule has 5 nitrogen and oxygen atoms in total. The lowest BCUT2D eigenvalue weighted by atomic mass is 10.1. The quantitative estimate of drug-likeness (QED) is 0.736. The molecule has 7 heteroatoms. The number of carbonyl (C=O) groups is 1. The monoisotopic (exact) mass is 390 g/mol. The SMILES string of the molecule is Cc1ccc(N2C(=O)N(c3ccc(C)c(Cl)c3)[C@@H]3CS(=O)(=O)C[C@H]32)cc1. The van der Waals surface area contributed by atoms with Crippen LogP contribution in [0.25, 0.3) is 0 Å². The first kappa shape index (κ1) is 17.4. The van der Waals surface area contributed by atoms with Crippen LogP contribution in [0.5, 0.6) is 0 Å². The average Bonchev–Trinajstić information content (AvgIpc) is 3.00.